The molecule has 6 nitrogen and oxygen atoms in total. The second-order valence-electron chi connectivity index (χ2n) is 10.6. The molecule has 218 valence electrons. The third-order valence-corrected chi connectivity index (χ3v) is 7.10. The first-order chi connectivity index (χ1) is 17.9. The zero-order chi connectivity index (χ0) is 27.7. The minimum atomic E-state index is -0.770. The monoisotopic (exact) mass is 526 g/mol. The van der Waals surface area contributed by atoms with Crippen LogP contribution < -0.4 is 0 Å². The highest BCUT2D eigenvalue weighted by Crippen LogP contribution is 2.18. The fourth-order valence-corrected chi connectivity index (χ4v) is 4.62. The van der Waals surface area contributed by atoms with Crippen LogP contribution in [0, 0.1) is 11.8 Å². The topological polar surface area (TPSA) is 78.9 Å². The lowest BCUT2D eigenvalue weighted by Crippen LogP contribution is -2.31. The molecule has 0 spiro atoms. The van der Waals surface area contributed by atoms with E-state index >= 15 is 0 Å². The summed E-state index contributed by atoms with van der Waals surface area (Å²) >= 11 is 0. The van der Waals surface area contributed by atoms with Crippen LogP contribution in [0.25, 0.3) is 0 Å². The molecule has 0 saturated heterocycles. The molecule has 0 aromatic heterocycles. The fourth-order valence-electron chi connectivity index (χ4n) is 4.62. The Morgan fingerprint density at radius 3 is 1.49 bits per heavy atom. The van der Waals surface area contributed by atoms with Gasteiger partial charge in [0.25, 0.3) is 0 Å². The molecule has 0 aromatic carbocycles. The van der Waals surface area contributed by atoms with Gasteiger partial charge in [-0.05, 0) is 18.3 Å². The number of hydrogen-bond acceptors (Lipinski definition) is 6. The molecule has 3 unspecified atom stereocenters. The highest BCUT2D eigenvalue weighted by molar-refractivity contribution is 5.71. The molecule has 0 radical (unpaired) electrons. The Morgan fingerprint density at radius 2 is 1.00 bits per heavy atom. The van der Waals surface area contributed by atoms with Crippen LogP contribution >= 0.6 is 0 Å². The van der Waals surface area contributed by atoms with Crippen molar-refractivity contribution in [3.05, 3.63) is 0 Å². The molecule has 0 heterocycles. The molecule has 0 aliphatic heterocycles. The predicted octanol–water partition coefficient (Wildman–Crippen LogP) is 8.34. The van der Waals surface area contributed by atoms with Gasteiger partial charge in [0.2, 0.25) is 0 Å². The fraction of sp³-hybridized carbons (Fsp3) is 0.903. The molecule has 0 amide bonds. The predicted molar refractivity (Wildman–Crippen MR) is 150 cm³/mol. The summed E-state index contributed by atoms with van der Waals surface area (Å²) < 4.78 is 16.5. The van der Waals surface area contributed by atoms with E-state index in [1.165, 1.54) is 38.5 Å². The second-order valence-corrected chi connectivity index (χ2v) is 10.6. The zero-order valence-electron chi connectivity index (χ0n) is 24.8. The van der Waals surface area contributed by atoms with Crippen molar-refractivity contribution in [2.24, 2.45) is 11.8 Å². The minimum absolute atomic E-state index is 0.0774. The lowest BCUT2D eigenvalue weighted by atomic mass is 9.97. The van der Waals surface area contributed by atoms with Gasteiger partial charge in [-0.3, -0.25) is 14.4 Å². The van der Waals surface area contributed by atoms with E-state index in [0.29, 0.717) is 25.2 Å². The van der Waals surface area contributed by atoms with Crippen LogP contribution in [0.5, 0.6) is 0 Å². The maximum absolute atomic E-state index is 12.5. The summed E-state index contributed by atoms with van der Waals surface area (Å²) in [4.78, 5) is 37.2. The van der Waals surface area contributed by atoms with E-state index in [2.05, 4.69) is 34.6 Å². The number of rotatable bonds is 25. The quantitative estimate of drug-likeness (QED) is 0.0676. The summed E-state index contributed by atoms with van der Waals surface area (Å²) in [6, 6.07) is 0. The molecule has 6 heteroatoms. The van der Waals surface area contributed by atoms with Gasteiger partial charge in [-0.2, -0.15) is 0 Å². The molecule has 0 aliphatic rings. The summed E-state index contributed by atoms with van der Waals surface area (Å²) in [5.74, 6) is -0.337. The average molecular weight is 527 g/mol. The van der Waals surface area contributed by atoms with Crippen LogP contribution in [0.2, 0.25) is 0 Å². The molecule has 0 N–H and O–H groups in total. The van der Waals surface area contributed by atoms with E-state index in [-0.39, 0.29) is 37.0 Å². The van der Waals surface area contributed by atoms with Crippen LogP contribution in [0.3, 0.4) is 0 Å². The molecule has 0 saturated carbocycles. The van der Waals surface area contributed by atoms with Gasteiger partial charge in [-0.15, -0.1) is 0 Å². The third kappa shape index (κ3) is 21.1. The Labute approximate surface area is 228 Å². The van der Waals surface area contributed by atoms with Crippen molar-refractivity contribution >= 4 is 17.9 Å². The van der Waals surface area contributed by atoms with Gasteiger partial charge in [0, 0.05) is 19.3 Å². The van der Waals surface area contributed by atoms with Crippen molar-refractivity contribution in [3.8, 4) is 0 Å². The molecule has 0 rings (SSSR count). The Balaban J connectivity index is 4.56. The van der Waals surface area contributed by atoms with Crippen LogP contribution in [0.15, 0.2) is 0 Å². The molecular formula is C31H58O6. The Hall–Kier alpha value is -1.59. The molecule has 0 bridgehead atoms. The Bertz CT molecular complexity index is 576. The van der Waals surface area contributed by atoms with Crippen LogP contribution in [-0.4, -0.2) is 37.2 Å². The van der Waals surface area contributed by atoms with Crippen molar-refractivity contribution in [1.29, 1.82) is 0 Å². The Kier molecular flexibility index (Phi) is 23.7. The van der Waals surface area contributed by atoms with Gasteiger partial charge in [0.15, 0.2) is 6.10 Å². The number of unbranched alkanes of at least 4 members (excludes halogenated alkanes) is 8. The molecule has 0 aromatic rings. The largest absolute Gasteiger partial charge is 0.462 e. The van der Waals surface area contributed by atoms with E-state index in [9.17, 15) is 14.4 Å². The molecule has 3 atom stereocenters. The highest BCUT2D eigenvalue weighted by Gasteiger charge is 2.22. The van der Waals surface area contributed by atoms with E-state index < -0.39 is 6.10 Å². The van der Waals surface area contributed by atoms with Crippen LogP contribution in [-0.2, 0) is 28.6 Å². The maximum Gasteiger partial charge on any atom is 0.306 e. The number of hydrogen-bond donors (Lipinski definition) is 0. The smallest absolute Gasteiger partial charge is 0.306 e. The first-order valence-electron chi connectivity index (χ1n) is 15.4. The van der Waals surface area contributed by atoms with Gasteiger partial charge >= 0.3 is 17.9 Å². The molecular weight excluding hydrogens is 468 g/mol. The normalized spacial score (nSPS) is 13.5. The number of esters is 3. The summed E-state index contributed by atoms with van der Waals surface area (Å²) in [6.07, 6.45) is 16.8. The summed E-state index contributed by atoms with van der Waals surface area (Å²) in [5.41, 5.74) is 0. The number of ether oxygens (including phenoxy) is 3. The number of carbonyl (C=O) groups excluding carboxylic acids is 3. The summed E-state index contributed by atoms with van der Waals surface area (Å²) in [5, 5.41) is 0. The maximum atomic E-state index is 12.5. The molecule has 0 aliphatic carbocycles. The van der Waals surface area contributed by atoms with Crippen molar-refractivity contribution in [2.75, 3.05) is 13.2 Å². The van der Waals surface area contributed by atoms with E-state index in [0.717, 1.165) is 57.8 Å². The highest BCUT2D eigenvalue weighted by atomic mass is 16.6. The van der Waals surface area contributed by atoms with Gasteiger partial charge in [-0.25, -0.2) is 0 Å². The standard InChI is InChI=1S/C31H58O6/c1-6-11-12-13-14-15-16-17-18-21-29(32)35-24-28(37-31(34)23-27(10-5)20-8-3)25-36-30(33)22-26(9-4)19-7-2/h26-28H,6-25H2,1-5H3. The first kappa shape index (κ1) is 35.4. The molecule has 0 fully saturated rings. The van der Waals surface area contributed by atoms with E-state index in [1.807, 2.05) is 0 Å². The van der Waals surface area contributed by atoms with Crippen LogP contribution in [0.1, 0.15) is 150 Å². The summed E-state index contributed by atoms with van der Waals surface area (Å²) in [6.45, 7) is 10.4. The van der Waals surface area contributed by atoms with Gasteiger partial charge < -0.3 is 14.2 Å². The minimum Gasteiger partial charge on any atom is -0.462 e. The lowest BCUT2D eigenvalue weighted by Gasteiger charge is -2.20. The Morgan fingerprint density at radius 1 is 0.541 bits per heavy atom. The van der Waals surface area contributed by atoms with Crippen molar-refractivity contribution in [3.63, 3.8) is 0 Å². The van der Waals surface area contributed by atoms with E-state index in [4.69, 9.17) is 14.2 Å². The van der Waals surface area contributed by atoms with Crippen molar-refractivity contribution < 1.29 is 28.6 Å². The van der Waals surface area contributed by atoms with Gasteiger partial charge in [0.05, 0.1) is 0 Å². The average Bonchev–Trinajstić information content (AvgIpc) is 2.88. The molecule has 37 heavy (non-hydrogen) atoms. The van der Waals surface area contributed by atoms with Crippen LogP contribution in [0.4, 0.5) is 0 Å². The summed E-state index contributed by atoms with van der Waals surface area (Å²) in [7, 11) is 0. The first-order valence-corrected chi connectivity index (χ1v) is 15.4. The zero-order valence-corrected chi connectivity index (χ0v) is 24.8. The van der Waals surface area contributed by atoms with Crippen molar-refractivity contribution in [1.82, 2.24) is 0 Å². The van der Waals surface area contributed by atoms with Gasteiger partial charge in [-0.1, -0.05) is 125 Å². The SMILES string of the molecule is CCCCCCCCCCCC(=O)OCC(COC(=O)CC(CC)CCC)OC(=O)CC(CC)CCC. The third-order valence-electron chi connectivity index (χ3n) is 7.10. The number of carbonyl (C=O) groups is 3. The van der Waals surface area contributed by atoms with Gasteiger partial charge in [0.1, 0.15) is 13.2 Å². The lowest BCUT2D eigenvalue weighted by molar-refractivity contribution is -0.167. The van der Waals surface area contributed by atoms with Crippen molar-refractivity contribution in [2.45, 2.75) is 156 Å². The second kappa shape index (κ2) is 24.7. The van der Waals surface area contributed by atoms with E-state index in [1.54, 1.807) is 0 Å².